The van der Waals surface area contributed by atoms with E-state index in [1.165, 1.54) is 0 Å². The Labute approximate surface area is 71.6 Å². The molecule has 0 aliphatic heterocycles. The zero-order chi connectivity index (χ0) is 8.55. The molecule has 0 amide bonds. The first-order valence-corrected chi connectivity index (χ1v) is 4.40. The smallest absolute Gasteiger partial charge is 0.331 e. The van der Waals surface area contributed by atoms with E-state index in [1.54, 1.807) is 0 Å². The molecule has 12 heavy (non-hydrogen) atoms. The molecule has 0 spiro atoms. The highest BCUT2D eigenvalue weighted by Gasteiger charge is 2.25. The highest BCUT2D eigenvalue weighted by Crippen LogP contribution is 2.33. The Bertz CT molecular complexity index is 263. The first-order chi connectivity index (χ1) is 5.77. The maximum Gasteiger partial charge on any atom is 0.331 e. The van der Waals surface area contributed by atoms with E-state index >= 15 is 0 Å². The van der Waals surface area contributed by atoms with Crippen LogP contribution in [0.3, 0.4) is 0 Å². The van der Waals surface area contributed by atoms with E-state index in [0.717, 1.165) is 19.3 Å². The molecule has 3 aliphatic carbocycles. The van der Waals surface area contributed by atoms with Crippen LogP contribution in [0.25, 0.3) is 0 Å². The molecule has 3 aliphatic rings. The number of fused-ring (bicyclic) bond motifs is 2. The predicted octanol–water partition coefficient (Wildman–Crippen LogP) is 1.98. The molecule has 0 aromatic heterocycles. The lowest BCUT2D eigenvalue weighted by atomic mass is 9.90. The molecule has 0 aromatic rings. The molecule has 0 saturated heterocycles. The summed E-state index contributed by atoms with van der Waals surface area (Å²) in [6.45, 7) is 0. The molecule has 0 heterocycles. The Morgan fingerprint density at radius 2 is 2.25 bits per heavy atom. The van der Waals surface area contributed by atoms with Crippen molar-refractivity contribution in [3.05, 3.63) is 23.8 Å². The van der Waals surface area contributed by atoms with Gasteiger partial charge in [-0.3, -0.25) is 0 Å². The minimum absolute atomic E-state index is 0.182. The zero-order valence-corrected chi connectivity index (χ0v) is 6.86. The third kappa shape index (κ3) is 1.17. The van der Waals surface area contributed by atoms with Crippen molar-refractivity contribution >= 4 is 5.97 Å². The molecule has 64 valence electrons. The summed E-state index contributed by atoms with van der Waals surface area (Å²) >= 11 is 0. The highest BCUT2D eigenvalue weighted by atomic mass is 16.4. The fourth-order valence-electron chi connectivity index (χ4n) is 2.02. The van der Waals surface area contributed by atoms with Gasteiger partial charge in [-0.15, -0.1) is 0 Å². The zero-order valence-electron chi connectivity index (χ0n) is 6.86. The van der Waals surface area contributed by atoms with Crippen molar-refractivity contribution in [3.63, 3.8) is 0 Å². The number of allylic oxidation sites excluding steroid dienone is 3. The van der Waals surface area contributed by atoms with Gasteiger partial charge in [0.1, 0.15) is 0 Å². The molecule has 1 N–H and O–H groups in total. The van der Waals surface area contributed by atoms with E-state index in [0.29, 0.717) is 11.5 Å². The second-order valence-electron chi connectivity index (χ2n) is 3.51. The first kappa shape index (κ1) is 7.59. The summed E-state index contributed by atoms with van der Waals surface area (Å²) in [6.07, 6.45) is 9.38. The van der Waals surface area contributed by atoms with E-state index < -0.39 is 5.97 Å². The van der Waals surface area contributed by atoms with Crippen LogP contribution in [0.1, 0.15) is 19.3 Å². The monoisotopic (exact) mass is 164 g/mol. The summed E-state index contributed by atoms with van der Waals surface area (Å²) < 4.78 is 0. The molecular weight excluding hydrogens is 152 g/mol. The Morgan fingerprint density at radius 1 is 1.42 bits per heavy atom. The van der Waals surface area contributed by atoms with Gasteiger partial charge in [0.2, 0.25) is 0 Å². The standard InChI is InChI=1S/C10H12O2/c11-10(12)9-6-7-2-1-3-8(9)5-4-7/h4-8H,1-3H2,(H,11,12). The van der Waals surface area contributed by atoms with Crippen LogP contribution in [0.2, 0.25) is 0 Å². The van der Waals surface area contributed by atoms with Gasteiger partial charge in [0.25, 0.3) is 0 Å². The van der Waals surface area contributed by atoms with Gasteiger partial charge in [-0.05, 0) is 18.8 Å². The maximum atomic E-state index is 10.8. The van der Waals surface area contributed by atoms with Crippen LogP contribution in [0, 0.1) is 11.8 Å². The lowest BCUT2D eigenvalue weighted by Crippen LogP contribution is -2.12. The number of carboxylic acid groups (broad SMARTS) is 1. The molecule has 0 saturated carbocycles. The van der Waals surface area contributed by atoms with Crippen molar-refractivity contribution in [2.45, 2.75) is 19.3 Å². The highest BCUT2D eigenvalue weighted by molar-refractivity contribution is 5.88. The quantitative estimate of drug-likeness (QED) is 0.602. The molecule has 2 nitrogen and oxygen atoms in total. The van der Waals surface area contributed by atoms with Gasteiger partial charge in [-0.1, -0.05) is 24.6 Å². The third-order valence-electron chi connectivity index (χ3n) is 2.68. The molecule has 2 unspecified atom stereocenters. The summed E-state index contributed by atoms with van der Waals surface area (Å²) in [5.74, 6) is -0.174. The van der Waals surface area contributed by atoms with Crippen LogP contribution < -0.4 is 0 Å². The number of hydrogen-bond donors (Lipinski definition) is 1. The number of rotatable bonds is 1. The van der Waals surface area contributed by atoms with E-state index in [2.05, 4.69) is 12.2 Å². The predicted molar refractivity (Wildman–Crippen MR) is 45.7 cm³/mol. The van der Waals surface area contributed by atoms with E-state index in [4.69, 9.17) is 5.11 Å². The summed E-state index contributed by atoms with van der Waals surface area (Å²) in [4.78, 5) is 10.8. The van der Waals surface area contributed by atoms with Gasteiger partial charge >= 0.3 is 5.97 Å². The Morgan fingerprint density at radius 3 is 3.00 bits per heavy atom. The number of hydrogen-bond acceptors (Lipinski definition) is 1. The molecule has 2 atom stereocenters. The third-order valence-corrected chi connectivity index (χ3v) is 2.68. The molecule has 0 fully saturated rings. The van der Waals surface area contributed by atoms with Crippen LogP contribution in [-0.4, -0.2) is 11.1 Å². The summed E-state index contributed by atoms with van der Waals surface area (Å²) in [6, 6.07) is 0. The average Bonchev–Trinajstić information content (AvgIpc) is 2.36. The molecule has 0 radical (unpaired) electrons. The van der Waals surface area contributed by atoms with E-state index in [-0.39, 0.29) is 5.92 Å². The van der Waals surface area contributed by atoms with E-state index in [9.17, 15) is 4.79 Å². The Balaban J connectivity index is 2.30. The number of carbonyl (C=O) groups is 1. The van der Waals surface area contributed by atoms with Crippen molar-refractivity contribution in [3.8, 4) is 0 Å². The van der Waals surface area contributed by atoms with Crippen LogP contribution in [0.15, 0.2) is 23.8 Å². The van der Waals surface area contributed by atoms with Crippen molar-refractivity contribution in [2.75, 3.05) is 0 Å². The topological polar surface area (TPSA) is 37.3 Å². The average molecular weight is 164 g/mol. The number of aliphatic carboxylic acids is 1. The van der Waals surface area contributed by atoms with Gasteiger partial charge < -0.3 is 5.11 Å². The summed E-state index contributed by atoms with van der Waals surface area (Å²) in [7, 11) is 0. The molecule has 0 aromatic carbocycles. The normalized spacial score (nSPS) is 32.8. The van der Waals surface area contributed by atoms with Crippen LogP contribution in [-0.2, 0) is 4.79 Å². The Kier molecular flexibility index (Phi) is 1.75. The van der Waals surface area contributed by atoms with E-state index in [1.807, 2.05) is 6.08 Å². The molecule has 2 bridgehead atoms. The second-order valence-corrected chi connectivity index (χ2v) is 3.51. The maximum absolute atomic E-state index is 10.8. The fraction of sp³-hybridized carbons (Fsp3) is 0.500. The van der Waals surface area contributed by atoms with Gasteiger partial charge in [-0.25, -0.2) is 4.79 Å². The van der Waals surface area contributed by atoms with Crippen LogP contribution in [0.4, 0.5) is 0 Å². The summed E-state index contributed by atoms with van der Waals surface area (Å²) in [5.41, 5.74) is 0.611. The molecule has 3 rings (SSSR count). The van der Waals surface area contributed by atoms with Gasteiger partial charge in [0.15, 0.2) is 0 Å². The van der Waals surface area contributed by atoms with Crippen molar-refractivity contribution in [1.29, 1.82) is 0 Å². The summed E-state index contributed by atoms with van der Waals surface area (Å²) in [5, 5.41) is 8.88. The largest absolute Gasteiger partial charge is 0.478 e. The second kappa shape index (κ2) is 2.77. The fourth-order valence-corrected chi connectivity index (χ4v) is 2.02. The SMILES string of the molecule is O=C(O)C1=CC2C=CC1CCC2. The van der Waals surface area contributed by atoms with Gasteiger partial charge in [0, 0.05) is 11.5 Å². The minimum Gasteiger partial charge on any atom is -0.478 e. The van der Waals surface area contributed by atoms with Gasteiger partial charge in [0.05, 0.1) is 0 Å². The van der Waals surface area contributed by atoms with Gasteiger partial charge in [-0.2, -0.15) is 0 Å². The lowest BCUT2D eigenvalue weighted by Gasteiger charge is -2.14. The molecule has 2 heteroatoms. The van der Waals surface area contributed by atoms with Crippen LogP contribution >= 0.6 is 0 Å². The van der Waals surface area contributed by atoms with Crippen molar-refractivity contribution in [2.24, 2.45) is 11.8 Å². The Hall–Kier alpha value is -1.05. The van der Waals surface area contributed by atoms with Crippen molar-refractivity contribution in [1.82, 2.24) is 0 Å². The molecular formula is C10H12O2. The first-order valence-electron chi connectivity index (χ1n) is 4.40. The number of carboxylic acids is 1. The van der Waals surface area contributed by atoms with Crippen molar-refractivity contribution < 1.29 is 9.90 Å². The lowest BCUT2D eigenvalue weighted by molar-refractivity contribution is -0.133. The minimum atomic E-state index is -0.740. The van der Waals surface area contributed by atoms with Crippen LogP contribution in [0.5, 0.6) is 0 Å².